The smallest absolute Gasteiger partial charge is 0.220 e. The summed E-state index contributed by atoms with van der Waals surface area (Å²) < 4.78 is 5.76. The van der Waals surface area contributed by atoms with Crippen LogP contribution in [0.3, 0.4) is 0 Å². The molecule has 1 aliphatic rings. The molecule has 1 amide bonds. The van der Waals surface area contributed by atoms with Gasteiger partial charge in [-0.05, 0) is 18.8 Å². The second-order valence-corrected chi connectivity index (χ2v) is 8.28. The number of oxazole rings is 1. The standard InChI is InChI=1S/C20H35N5O2/c1-20(2,3)16-13-24-18(27-16)14-25-19(21-4)23-11-10-22-17(26)12-15-8-6-5-7-9-15/h13,15H,5-12,14H2,1-4H3,(H,22,26)(H2,21,23,25). The number of nitrogens with one attached hydrogen (secondary N) is 3. The minimum atomic E-state index is -0.0546. The third kappa shape index (κ3) is 7.61. The number of carbonyl (C=O) groups is 1. The molecule has 0 saturated heterocycles. The summed E-state index contributed by atoms with van der Waals surface area (Å²) in [5.74, 6) is 2.87. The summed E-state index contributed by atoms with van der Waals surface area (Å²) in [5, 5.41) is 9.35. The maximum Gasteiger partial charge on any atom is 0.220 e. The van der Waals surface area contributed by atoms with Gasteiger partial charge < -0.3 is 20.4 Å². The first kappa shape index (κ1) is 21.3. The Morgan fingerprint density at radius 3 is 2.52 bits per heavy atom. The van der Waals surface area contributed by atoms with Crippen LogP contribution in [-0.2, 0) is 16.8 Å². The molecule has 0 unspecified atom stereocenters. The molecule has 7 nitrogen and oxygen atoms in total. The molecular weight excluding hydrogens is 342 g/mol. The van der Waals surface area contributed by atoms with Crippen LogP contribution in [0.15, 0.2) is 15.6 Å². The summed E-state index contributed by atoms with van der Waals surface area (Å²) in [4.78, 5) is 20.5. The number of hydrogen-bond acceptors (Lipinski definition) is 4. The molecule has 1 aromatic heterocycles. The number of guanidine groups is 1. The highest BCUT2D eigenvalue weighted by atomic mass is 16.4. The van der Waals surface area contributed by atoms with Gasteiger partial charge in [0.15, 0.2) is 5.96 Å². The Hall–Kier alpha value is -2.05. The van der Waals surface area contributed by atoms with E-state index >= 15 is 0 Å². The average molecular weight is 378 g/mol. The predicted molar refractivity (Wildman–Crippen MR) is 108 cm³/mol. The van der Waals surface area contributed by atoms with E-state index in [0.717, 1.165) is 5.76 Å². The van der Waals surface area contributed by atoms with Gasteiger partial charge in [-0.3, -0.25) is 9.79 Å². The lowest BCUT2D eigenvalue weighted by Crippen LogP contribution is -2.41. The number of hydrogen-bond donors (Lipinski definition) is 3. The predicted octanol–water partition coefficient (Wildman–Crippen LogP) is 2.72. The first-order chi connectivity index (χ1) is 12.9. The molecule has 1 fully saturated rings. The summed E-state index contributed by atoms with van der Waals surface area (Å²) in [6, 6.07) is 0. The fraction of sp³-hybridized carbons (Fsp3) is 0.750. The summed E-state index contributed by atoms with van der Waals surface area (Å²) in [6.07, 6.45) is 8.67. The lowest BCUT2D eigenvalue weighted by Gasteiger charge is -2.20. The van der Waals surface area contributed by atoms with Crippen LogP contribution < -0.4 is 16.0 Å². The number of amides is 1. The van der Waals surface area contributed by atoms with Crippen molar-refractivity contribution in [2.75, 3.05) is 20.1 Å². The second kappa shape index (κ2) is 10.3. The van der Waals surface area contributed by atoms with Gasteiger partial charge in [0, 0.05) is 32.0 Å². The zero-order chi connectivity index (χ0) is 19.7. The normalized spacial score (nSPS) is 16.2. The third-order valence-electron chi connectivity index (χ3n) is 4.86. The number of aromatic nitrogens is 1. The highest BCUT2D eigenvalue weighted by Crippen LogP contribution is 2.26. The highest BCUT2D eigenvalue weighted by Gasteiger charge is 2.19. The van der Waals surface area contributed by atoms with Crippen molar-refractivity contribution < 1.29 is 9.21 Å². The lowest BCUT2D eigenvalue weighted by atomic mass is 9.87. The van der Waals surface area contributed by atoms with Crippen molar-refractivity contribution in [2.24, 2.45) is 10.9 Å². The van der Waals surface area contributed by atoms with Crippen LogP contribution >= 0.6 is 0 Å². The molecule has 3 N–H and O–H groups in total. The maximum atomic E-state index is 12.0. The van der Waals surface area contributed by atoms with Crippen LogP contribution in [0.25, 0.3) is 0 Å². The molecule has 0 aromatic carbocycles. The molecule has 0 bridgehead atoms. The molecule has 152 valence electrons. The number of aliphatic imine (C=N–C) groups is 1. The summed E-state index contributed by atoms with van der Waals surface area (Å²) in [5.41, 5.74) is -0.0546. The molecule has 1 heterocycles. The van der Waals surface area contributed by atoms with Gasteiger partial charge in [-0.15, -0.1) is 0 Å². The first-order valence-electron chi connectivity index (χ1n) is 10.0. The third-order valence-corrected chi connectivity index (χ3v) is 4.86. The second-order valence-electron chi connectivity index (χ2n) is 8.28. The van der Waals surface area contributed by atoms with E-state index in [1.165, 1.54) is 32.1 Å². The Morgan fingerprint density at radius 1 is 1.19 bits per heavy atom. The van der Waals surface area contributed by atoms with Crippen molar-refractivity contribution in [1.82, 2.24) is 20.9 Å². The molecule has 0 aliphatic heterocycles. The Labute approximate surface area is 162 Å². The molecule has 0 spiro atoms. The van der Waals surface area contributed by atoms with Crippen LogP contribution in [0.4, 0.5) is 0 Å². The van der Waals surface area contributed by atoms with E-state index < -0.39 is 0 Å². The van der Waals surface area contributed by atoms with E-state index in [1.54, 1.807) is 13.2 Å². The lowest BCUT2D eigenvalue weighted by molar-refractivity contribution is -0.122. The topological polar surface area (TPSA) is 91.5 Å². The fourth-order valence-electron chi connectivity index (χ4n) is 3.23. The zero-order valence-electron chi connectivity index (χ0n) is 17.2. The van der Waals surface area contributed by atoms with Gasteiger partial charge in [-0.2, -0.15) is 0 Å². The molecule has 0 radical (unpaired) electrons. The molecule has 1 aliphatic carbocycles. The van der Waals surface area contributed by atoms with Gasteiger partial charge >= 0.3 is 0 Å². The van der Waals surface area contributed by atoms with Crippen LogP contribution in [-0.4, -0.2) is 37.0 Å². The van der Waals surface area contributed by atoms with Crippen molar-refractivity contribution in [1.29, 1.82) is 0 Å². The van der Waals surface area contributed by atoms with Gasteiger partial charge in [0.05, 0.1) is 12.7 Å². The van der Waals surface area contributed by atoms with Crippen molar-refractivity contribution in [3.05, 3.63) is 17.8 Å². The minimum Gasteiger partial charge on any atom is -0.443 e. The minimum absolute atomic E-state index is 0.0546. The molecule has 27 heavy (non-hydrogen) atoms. The van der Waals surface area contributed by atoms with Crippen LogP contribution in [0.5, 0.6) is 0 Å². The number of nitrogens with zero attached hydrogens (tertiary/aromatic N) is 2. The van der Waals surface area contributed by atoms with Crippen LogP contribution in [0.1, 0.15) is 70.9 Å². The van der Waals surface area contributed by atoms with Gasteiger partial charge in [0.1, 0.15) is 5.76 Å². The van der Waals surface area contributed by atoms with Gasteiger partial charge in [-0.1, -0.05) is 40.0 Å². The molecule has 7 heteroatoms. The van der Waals surface area contributed by atoms with Gasteiger partial charge in [0.2, 0.25) is 11.8 Å². The Kier molecular flexibility index (Phi) is 8.13. The van der Waals surface area contributed by atoms with E-state index in [0.29, 0.717) is 43.8 Å². The zero-order valence-corrected chi connectivity index (χ0v) is 17.2. The number of rotatable bonds is 7. The quantitative estimate of drug-likeness (QED) is 0.386. The molecule has 1 aromatic rings. The first-order valence-corrected chi connectivity index (χ1v) is 10.0. The van der Waals surface area contributed by atoms with E-state index in [2.05, 4.69) is 46.7 Å². The largest absolute Gasteiger partial charge is 0.443 e. The van der Waals surface area contributed by atoms with E-state index in [1.807, 2.05) is 0 Å². The molecule has 2 rings (SSSR count). The summed E-state index contributed by atoms with van der Waals surface area (Å²) in [7, 11) is 1.72. The molecule has 1 saturated carbocycles. The van der Waals surface area contributed by atoms with E-state index in [-0.39, 0.29) is 11.3 Å². The van der Waals surface area contributed by atoms with Crippen LogP contribution in [0, 0.1) is 5.92 Å². The van der Waals surface area contributed by atoms with Crippen molar-refractivity contribution in [2.45, 2.75) is 71.3 Å². The van der Waals surface area contributed by atoms with E-state index in [4.69, 9.17) is 4.42 Å². The Bertz CT molecular complexity index is 612. The Balaban J connectivity index is 1.62. The van der Waals surface area contributed by atoms with Crippen molar-refractivity contribution in [3.63, 3.8) is 0 Å². The SMILES string of the molecule is CN=C(NCCNC(=O)CC1CCCCC1)NCc1ncc(C(C)(C)C)o1. The summed E-state index contributed by atoms with van der Waals surface area (Å²) in [6.45, 7) is 7.94. The summed E-state index contributed by atoms with van der Waals surface area (Å²) >= 11 is 0. The average Bonchev–Trinajstić information content (AvgIpc) is 3.11. The highest BCUT2D eigenvalue weighted by molar-refractivity contribution is 5.79. The maximum absolute atomic E-state index is 12.0. The Morgan fingerprint density at radius 2 is 1.89 bits per heavy atom. The van der Waals surface area contributed by atoms with Crippen LogP contribution in [0.2, 0.25) is 0 Å². The van der Waals surface area contributed by atoms with Crippen molar-refractivity contribution in [3.8, 4) is 0 Å². The number of carbonyl (C=O) groups excluding carboxylic acids is 1. The molecular formula is C20H35N5O2. The van der Waals surface area contributed by atoms with Gasteiger partial charge in [-0.25, -0.2) is 4.98 Å². The molecule has 0 atom stereocenters. The van der Waals surface area contributed by atoms with Gasteiger partial charge in [0.25, 0.3) is 0 Å². The van der Waals surface area contributed by atoms with E-state index in [9.17, 15) is 4.79 Å². The fourth-order valence-corrected chi connectivity index (χ4v) is 3.23. The van der Waals surface area contributed by atoms with Crippen molar-refractivity contribution >= 4 is 11.9 Å². The monoisotopic (exact) mass is 377 g/mol.